The fourth-order valence-electron chi connectivity index (χ4n) is 1.37. The molecule has 1 aliphatic rings. The fraction of sp³-hybridized carbons (Fsp3) is 0.667. The van der Waals surface area contributed by atoms with Crippen LogP contribution in [0.25, 0.3) is 0 Å². The normalized spacial score (nSPS) is 26.5. The number of rotatable bonds is 5. The van der Waals surface area contributed by atoms with Crippen molar-refractivity contribution in [2.75, 3.05) is 13.1 Å². The highest BCUT2D eigenvalue weighted by Gasteiger charge is 2.26. The predicted molar refractivity (Wildman–Crippen MR) is 48.4 cm³/mol. The van der Waals surface area contributed by atoms with E-state index < -0.39 is 5.97 Å². The van der Waals surface area contributed by atoms with Gasteiger partial charge in [0.25, 0.3) is 0 Å². The Balaban J connectivity index is 2.01. The molecule has 13 heavy (non-hydrogen) atoms. The third-order valence-corrected chi connectivity index (χ3v) is 2.28. The fourth-order valence-corrected chi connectivity index (χ4v) is 1.37. The van der Waals surface area contributed by atoms with Crippen molar-refractivity contribution in [3.63, 3.8) is 0 Å². The molecule has 4 nitrogen and oxygen atoms in total. The lowest BCUT2D eigenvalue weighted by molar-refractivity contribution is -0.132. The van der Waals surface area contributed by atoms with Crippen LogP contribution in [-0.4, -0.2) is 35.4 Å². The third-order valence-electron chi connectivity index (χ3n) is 2.28. The van der Waals surface area contributed by atoms with Crippen LogP contribution in [0, 0.1) is 5.92 Å². The molecule has 1 saturated carbocycles. The maximum Gasteiger partial charge on any atom is 0.332 e. The highest BCUT2D eigenvalue weighted by Crippen LogP contribution is 2.25. The first-order valence-corrected chi connectivity index (χ1v) is 4.39. The van der Waals surface area contributed by atoms with Gasteiger partial charge in [0.05, 0.1) is 6.10 Å². The first-order valence-electron chi connectivity index (χ1n) is 4.39. The summed E-state index contributed by atoms with van der Waals surface area (Å²) >= 11 is 0. The average Bonchev–Trinajstić information content (AvgIpc) is 2.00. The van der Waals surface area contributed by atoms with Crippen molar-refractivity contribution in [1.29, 1.82) is 0 Å². The second-order valence-corrected chi connectivity index (χ2v) is 3.53. The van der Waals surface area contributed by atoms with Crippen LogP contribution < -0.4 is 5.32 Å². The molecule has 74 valence electrons. The molecule has 0 unspecified atom stereocenters. The quantitative estimate of drug-likeness (QED) is 0.527. The van der Waals surface area contributed by atoms with Crippen LogP contribution in [0.3, 0.4) is 0 Å². The van der Waals surface area contributed by atoms with Gasteiger partial charge in [-0.25, -0.2) is 4.79 Å². The Morgan fingerprint density at radius 3 is 2.62 bits per heavy atom. The molecule has 0 saturated heterocycles. The molecule has 0 spiro atoms. The van der Waals surface area contributed by atoms with E-state index in [2.05, 4.69) is 11.9 Å². The largest absolute Gasteiger partial charge is 0.478 e. The molecule has 1 aliphatic carbocycles. The van der Waals surface area contributed by atoms with E-state index in [-0.39, 0.29) is 11.7 Å². The molecule has 0 amide bonds. The summed E-state index contributed by atoms with van der Waals surface area (Å²) in [6.07, 6.45) is 1.51. The monoisotopic (exact) mass is 185 g/mol. The van der Waals surface area contributed by atoms with Crippen LogP contribution in [-0.2, 0) is 4.79 Å². The number of hydrogen-bond donors (Lipinski definition) is 3. The molecule has 0 bridgehead atoms. The summed E-state index contributed by atoms with van der Waals surface area (Å²) < 4.78 is 0. The van der Waals surface area contributed by atoms with Crippen molar-refractivity contribution >= 4 is 5.97 Å². The zero-order valence-electron chi connectivity index (χ0n) is 7.49. The van der Waals surface area contributed by atoms with Gasteiger partial charge in [0, 0.05) is 12.1 Å². The molecule has 1 rings (SSSR count). The number of hydrogen-bond acceptors (Lipinski definition) is 3. The van der Waals surface area contributed by atoms with Gasteiger partial charge in [0.15, 0.2) is 0 Å². The van der Waals surface area contributed by atoms with Crippen LogP contribution in [0.4, 0.5) is 0 Å². The van der Waals surface area contributed by atoms with Crippen LogP contribution >= 0.6 is 0 Å². The molecule has 0 aromatic heterocycles. The Bertz CT molecular complexity index is 209. The van der Waals surface area contributed by atoms with E-state index in [0.717, 1.165) is 19.4 Å². The smallest absolute Gasteiger partial charge is 0.332 e. The van der Waals surface area contributed by atoms with E-state index in [1.54, 1.807) is 0 Å². The minimum atomic E-state index is -0.957. The van der Waals surface area contributed by atoms with Gasteiger partial charge in [-0.3, -0.25) is 0 Å². The summed E-state index contributed by atoms with van der Waals surface area (Å²) in [5.41, 5.74) is 0.180. The highest BCUT2D eigenvalue weighted by molar-refractivity contribution is 5.86. The average molecular weight is 185 g/mol. The summed E-state index contributed by atoms with van der Waals surface area (Å²) in [4.78, 5) is 10.3. The van der Waals surface area contributed by atoms with Crippen LogP contribution in [0.1, 0.15) is 12.8 Å². The number of carboxylic acids is 1. The Morgan fingerprint density at radius 1 is 1.54 bits per heavy atom. The Morgan fingerprint density at radius 2 is 2.15 bits per heavy atom. The number of aliphatic hydroxyl groups is 1. The van der Waals surface area contributed by atoms with Gasteiger partial charge in [0.2, 0.25) is 0 Å². The van der Waals surface area contributed by atoms with Crippen molar-refractivity contribution in [3.8, 4) is 0 Å². The molecule has 0 aromatic carbocycles. The molecule has 0 heterocycles. The molecule has 0 atom stereocenters. The molecule has 3 N–H and O–H groups in total. The van der Waals surface area contributed by atoms with Crippen molar-refractivity contribution in [2.24, 2.45) is 5.92 Å². The van der Waals surface area contributed by atoms with Gasteiger partial charge in [-0.05, 0) is 25.3 Å². The van der Waals surface area contributed by atoms with Crippen molar-refractivity contribution in [1.82, 2.24) is 5.32 Å². The second-order valence-electron chi connectivity index (χ2n) is 3.53. The van der Waals surface area contributed by atoms with Crippen molar-refractivity contribution < 1.29 is 15.0 Å². The van der Waals surface area contributed by atoms with Crippen molar-refractivity contribution in [2.45, 2.75) is 18.9 Å². The molecule has 4 heteroatoms. The van der Waals surface area contributed by atoms with Crippen molar-refractivity contribution in [3.05, 3.63) is 12.2 Å². The Kier molecular flexibility index (Phi) is 3.45. The number of nitrogens with one attached hydrogen (secondary N) is 1. The van der Waals surface area contributed by atoms with E-state index in [1.807, 2.05) is 0 Å². The van der Waals surface area contributed by atoms with E-state index in [4.69, 9.17) is 10.2 Å². The summed E-state index contributed by atoms with van der Waals surface area (Å²) in [6, 6.07) is 0. The van der Waals surface area contributed by atoms with Crippen LogP contribution in [0.5, 0.6) is 0 Å². The molecular weight excluding hydrogens is 170 g/mol. The minimum Gasteiger partial charge on any atom is -0.478 e. The van der Waals surface area contributed by atoms with Gasteiger partial charge in [0.1, 0.15) is 0 Å². The maximum atomic E-state index is 10.3. The molecule has 1 fully saturated rings. The number of aliphatic carboxylic acids is 1. The highest BCUT2D eigenvalue weighted by atomic mass is 16.4. The Hall–Kier alpha value is -0.870. The van der Waals surface area contributed by atoms with Gasteiger partial charge < -0.3 is 15.5 Å². The van der Waals surface area contributed by atoms with Crippen LogP contribution in [0.15, 0.2) is 12.2 Å². The molecule has 0 radical (unpaired) electrons. The Labute approximate surface area is 77.3 Å². The lowest BCUT2D eigenvalue weighted by Gasteiger charge is -2.31. The van der Waals surface area contributed by atoms with Gasteiger partial charge in [-0.2, -0.15) is 0 Å². The molecule has 0 aromatic rings. The summed E-state index contributed by atoms with van der Waals surface area (Å²) in [6.45, 7) is 4.49. The van der Waals surface area contributed by atoms with E-state index in [0.29, 0.717) is 12.5 Å². The molecule has 0 aliphatic heterocycles. The second kappa shape index (κ2) is 4.39. The zero-order chi connectivity index (χ0) is 9.84. The van der Waals surface area contributed by atoms with E-state index in [9.17, 15) is 4.79 Å². The van der Waals surface area contributed by atoms with Crippen LogP contribution in [0.2, 0.25) is 0 Å². The van der Waals surface area contributed by atoms with Gasteiger partial charge in [-0.15, -0.1) is 0 Å². The topological polar surface area (TPSA) is 69.6 Å². The molecular formula is C9H15NO3. The summed E-state index contributed by atoms with van der Waals surface area (Å²) in [5, 5.41) is 20.5. The van der Waals surface area contributed by atoms with E-state index >= 15 is 0 Å². The first kappa shape index (κ1) is 10.2. The first-order chi connectivity index (χ1) is 6.09. The predicted octanol–water partition coefficient (Wildman–Crippen LogP) is -0.0123. The number of aliphatic hydroxyl groups excluding tert-OH is 1. The lowest BCUT2D eigenvalue weighted by atomic mass is 9.82. The standard InChI is InChI=1S/C9H15NO3/c1-6(9(12)13)4-10-5-7-2-8(11)3-7/h7-8,10-11H,1-5H2,(H,12,13). The number of carboxylic acid groups (broad SMARTS) is 1. The number of carbonyl (C=O) groups is 1. The lowest BCUT2D eigenvalue weighted by Crippen LogP contribution is -2.37. The third kappa shape index (κ3) is 3.16. The van der Waals surface area contributed by atoms with Gasteiger partial charge >= 0.3 is 5.97 Å². The summed E-state index contributed by atoms with van der Waals surface area (Å²) in [7, 11) is 0. The van der Waals surface area contributed by atoms with Gasteiger partial charge in [-0.1, -0.05) is 6.58 Å². The summed E-state index contributed by atoms with van der Waals surface area (Å²) in [5.74, 6) is -0.460. The minimum absolute atomic E-state index is 0.144. The zero-order valence-corrected chi connectivity index (χ0v) is 7.49. The SMILES string of the molecule is C=C(CNCC1CC(O)C1)C(=O)O. The maximum absolute atomic E-state index is 10.3. The van der Waals surface area contributed by atoms with E-state index in [1.165, 1.54) is 0 Å².